The number of nitrogens with one attached hydrogen (secondary N) is 1. The van der Waals surface area contributed by atoms with Gasteiger partial charge in [0.15, 0.2) is 6.61 Å². The lowest BCUT2D eigenvalue weighted by atomic mass is 10.1. The molecule has 2 aromatic carbocycles. The standard InChI is InChI=1S/C22H21F3N2O4/c1-13-7-14(2)9-16(8-13)27-11-15(10-20(27)29)21(30)31-12-19(28)26-18-6-4-3-5-17(18)22(23,24)25/h3-9,15H,10-12H2,1-2H3,(H,26,28)/t15-/m0/s1. The first kappa shape index (κ1) is 22.3. The number of alkyl halides is 3. The number of hydrogen-bond donors (Lipinski definition) is 1. The summed E-state index contributed by atoms with van der Waals surface area (Å²) in [7, 11) is 0. The molecular formula is C22H21F3N2O4. The Balaban J connectivity index is 1.58. The van der Waals surface area contributed by atoms with Gasteiger partial charge in [-0.2, -0.15) is 13.2 Å². The van der Waals surface area contributed by atoms with Crippen LogP contribution >= 0.6 is 0 Å². The van der Waals surface area contributed by atoms with Crippen LogP contribution in [0.15, 0.2) is 42.5 Å². The van der Waals surface area contributed by atoms with E-state index in [-0.39, 0.29) is 18.9 Å². The van der Waals surface area contributed by atoms with E-state index >= 15 is 0 Å². The molecule has 0 saturated carbocycles. The van der Waals surface area contributed by atoms with Gasteiger partial charge in [-0.05, 0) is 49.2 Å². The summed E-state index contributed by atoms with van der Waals surface area (Å²) < 4.78 is 44.0. The van der Waals surface area contributed by atoms with Gasteiger partial charge >= 0.3 is 12.1 Å². The summed E-state index contributed by atoms with van der Waals surface area (Å²) in [5.41, 5.74) is 1.21. The summed E-state index contributed by atoms with van der Waals surface area (Å²) >= 11 is 0. The number of benzene rings is 2. The number of nitrogens with zero attached hydrogens (tertiary/aromatic N) is 1. The lowest BCUT2D eigenvalue weighted by Crippen LogP contribution is -2.28. The molecule has 0 aromatic heterocycles. The third-order valence-electron chi connectivity index (χ3n) is 4.83. The van der Waals surface area contributed by atoms with Crippen molar-refractivity contribution in [2.45, 2.75) is 26.4 Å². The van der Waals surface area contributed by atoms with Crippen molar-refractivity contribution in [1.82, 2.24) is 0 Å². The third kappa shape index (κ3) is 5.42. The topological polar surface area (TPSA) is 75.7 Å². The fourth-order valence-corrected chi connectivity index (χ4v) is 3.50. The molecule has 1 heterocycles. The van der Waals surface area contributed by atoms with Gasteiger partial charge in [0.25, 0.3) is 5.91 Å². The van der Waals surface area contributed by atoms with Gasteiger partial charge in [0.1, 0.15) is 0 Å². The van der Waals surface area contributed by atoms with Gasteiger partial charge in [0.2, 0.25) is 5.91 Å². The van der Waals surface area contributed by atoms with Gasteiger partial charge in [-0.3, -0.25) is 14.4 Å². The van der Waals surface area contributed by atoms with E-state index in [1.807, 2.05) is 32.0 Å². The first-order chi connectivity index (χ1) is 14.5. The molecule has 0 aliphatic carbocycles. The predicted octanol–water partition coefficient (Wildman–Crippen LogP) is 3.86. The zero-order chi connectivity index (χ0) is 22.8. The Kier molecular flexibility index (Phi) is 6.33. The molecule has 1 N–H and O–H groups in total. The van der Waals surface area contributed by atoms with E-state index in [0.717, 1.165) is 23.3 Å². The molecule has 164 valence electrons. The van der Waals surface area contributed by atoms with Crippen LogP contribution in [-0.2, 0) is 25.3 Å². The number of carbonyl (C=O) groups excluding carboxylic acids is 3. The van der Waals surface area contributed by atoms with E-state index in [1.54, 1.807) is 0 Å². The Hall–Kier alpha value is -3.36. The van der Waals surface area contributed by atoms with Crippen LogP contribution in [0.3, 0.4) is 0 Å². The fourth-order valence-electron chi connectivity index (χ4n) is 3.50. The van der Waals surface area contributed by atoms with Crippen LogP contribution in [0.2, 0.25) is 0 Å². The molecule has 1 saturated heterocycles. The summed E-state index contributed by atoms with van der Waals surface area (Å²) in [5.74, 6) is -2.65. The SMILES string of the molecule is Cc1cc(C)cc(N2C[C@@H](C(=O)OCC(=O)Nc3ccccc3C(F)(F)F)CC2=O)c1. The Bertz CT molecular complexity index is 1000. The van der Waals surface area contributed by atoms with Gasteiger partial charge in [0.05, 0.1) is 17.2 Å². The van der Waals surface area contributed by atoms with Gasteiger partial charge in [0, 0.05) is 18.7 Å². The minimum Gasteiger partial charge on any atom is -0.455 e. The maximum absolute atomic E-state index is 13.0. The number of ether oxygens (including phenoxy) is 1. The second-order valence-corrected chi connectivity index (χ2v) is 7.45. The predicted molar refractivity (Wildman–Crippen MR) is 107 cm³/mol. The van der Waals surface area contributed by atoms with Crippen LogP contribution in [0.4, 0.5) is 24.5 Å². The number of esters is 1. The van der Waals surface area contributed by atoms with Crippen LogP contribution in [-0.4, -0.2) is 30.9 Å². The summed E-state index contributed by atoms with van der Waals surface area (Å²) in [6.45, 7) is 3.16. The third-order valence-corrected chi connectivity index (χ3v) is 4.83. The van der Waals surface area contributed by atoms with E-state index < -0.39 is 41.8 Å². The van der Waals surface area contributed by atoms with Crippen molar-refractivity contribution in [2.24, 2.45) is 5.92 Å². The number of aryl methyl sites for hydroxylation is 2. The average molecular weight is 434 g/mol. The lowest BCUT2D eigenvalue weighted by molar-refractivity contribution is -0.151. The van der Waals surface area contributed by atoms with Crippen molar-refractivity contribution < 1.29 is 32.3 Å². The smallest absolute Gasteiger partial charge is 0.418 e. The summed E-state index contributed by atoms with van der Waals surface area (Å²) in [6, 6.07) is 10.1. The van der Waals surface area contributed by atoms with Gasteiger partial charge in [-0.1, -0.05) is 18.2 Å². The first-order valence-electron chi connectivity index (χ1n) is 9.56. The van der Waals surface area contributed by atoms with Crippen LogP contribution in [0.5, 0.6) is 0 Å². The molecule has 6 nitrogen and oxygen atoms in total. The monoisotopic (exact) mass is 434 g/mol. The minimum absolute atomic E-state index is 0.0651. The molecule has 2 amide bonds. The summed E-state index contributed by atoms with van der Waals surface area (Å²) in [6.07, 6.45) is -4.70. The van der Waals surface area contributed by atoms with E-state index in [1.165, 1.54) is 17.0 Å². The van der Waals surface area contributed by atoms with Gasteiger partial charge < -0.3 is 15.0 Å². The number of carbonyl (C=O) groups is 3. The molecule has 0 bridgehead atoms. The molecule has 9 heteroatoms. The maximum atomic E-state index is 13.0. The number of para-hydroxylation sites is 1. The fraction of sp³-hybridized carbons (Fsp3) is 0.318. The number of halogens is 3. The van der Waals surface area contributed by atoms with E-state index in [2.05, 4.69) is 5.32 Å². The van der Waals surface area contributed by atoms with E-state index in [9.17, 15) is 27.6 Å². The highest BCUT2D eigenvalue weighted by molar-refractivity contribution is 6.00. The van der Waals surface area contributed by atoms with E-state index in [0.29, 0.717) is 5.69 Å². The van der Waals surface area contributed by atoms with Crippen molar-refractivity contribution in [2.75, 3.05) is 23.4 Å². The highest BCUT2D eigenvalue weighted by Crippen LogP contribution is 2.34. The van der Waals surface area contributed by atoms with Crippen molar-refractivity contribution in [3.8, 4) is 0 Å². The minimum atomic E-state index is -4.64. The molecule has 0 unspecified atom stereocenters. The van der Waals surface area contributed by atoms with Crippen molar-refractivity contribution in [3.05, 3.63) is 59.2 Å². The van der Waals surface area contributed by atoms with Crippen LogP contribution in [0.25, 0.3) is 0 Å². The van der Waals surface area contributed by atoms with Crippen molar-refractivity contribution >= 4 is 29.2 Å². The van der Waals surface area contributed by atoms with Crippen molar-refractivity contribution in [3.63, 3.8) is 0 Å². The summed E-state index contributed by atoms with van der Waals surface area (Å²) in [4.78, 5) is 38.2. The molecule has 0 radical (unpaired) electrons. The molecule has 1 aliphatic heterocycles. The Morgan fingerprint density at radius 3 is 2.42 bits per heavy atom. The molecule has 1 fully saturated rings. The highest BCUT2D eigenvalue weighted by atomic mass is 19.4. The number of anilines is 2. The second kappa shape index (κ2) is 8.79. The Morgan fingerprint density at radius 1 is 1.13 bits per heavy atom. The molecule has 3 rings (SSSR count). The lowest BCUT2D eigenvalue weighted by Gasteiger charge is -2.18. The second-order valence-electron chi connectivity index (χ2n) is 7.45. The summed E-state index contributed by atoms with van der Waals surface area (Å²) in [5, 5.41) is 2.11. The highest BCUT2D eigenvalue weighted by Gasteiger charge is 2.37. The van der Waals surface area contributed by atoms with Crippen LogP contribution < -0.4 is 10.2 Å². The number of rotatable bonds is 5. The quantitative estimate of drug-likeness (QED) is 0.726. The number of amides is 2. The van der Waals surface area contributed by atoms with Crippen LogP contribution in [0, 0.1) is 19.8 Å². The molecule has 2 aromatic rings. The molecular weight excluding hydrogens is 413 g/mol. The van der Waals surface area contributed by atoms with Crippen LogP contribution in [0.1, 0.15) is 23.1 Å². The largest absolute Gasteiger partial charge is 0.455 e. The molecule has 1 atom stereocenters. The Labute approximate surface area is 177 Å². The van der Waals surface area contributed by atoms with Gasteiger partial charge in [-0.15, -0.1) is 0 Å². The average Bonchev–Trinajstić information content (AvgIpc) is 3.07. The first-order valence-corrected chi connectivity index (χ1v) is 9.56. The van der Waals surface area contributed by atoms with Gasteiger partial charge in [-0.25, -0.2) is 0 Å². The van der Waals surface area contributed by atoms with E-state index in [4.69, 9.17) is 4.74 Å². The zero-order valence-corrected chi connectivity index (χ0v) is 17.0. The Morgan fingerprint density at radius 2 is 1.77 bits per heavy atom. The maximum Gasteiger partial charge on any atom is 0.418 e. The molecule has 1 aliphatic rings. The normalized spacial score (nSPS) is 16.4. The van der Waals surface area contributed by atoms with Crippen molar-refractivity contribution in [1.29, 1.82) is 0 Å². The molecule has 31 heavy (non-hydrogen) atoms. The molecule has 0 spiro atoms. The number of hydrogen-bond acceptors (Lipinski definition) is 4. The zero-order valence-electron chi connectivity index (χ0n) is 17.0.